The smallest absolute Gasteiger partial charge is 0.364 e. The number of alkyl halides is 3. The summed E-state index contributed by atoms with van der Waals surface area (Å²) in [5.41, 5.74) is 7.66. The number of hydrogen-bond acceptors (Lipinski definition) is 3. The molecule has 2 N–H and O–H groups in total. The van der Waals surface area contributed by atoms with Crippen LogP contribution >= 0.6 is 0 Å². The minimum atomic E-state index is -4.33. The van der Waals surface area contributed by atoms with E-state index >= 15 is 0 Å². The van der Waals surface area contributed by atoms with Gasteiger partial charge in [0.2, 0.25) is 0 Å². The lowest BCUT2D eigenvalue weighted by atomic mass is 10.0. The van der Waals surface area contributed by atoms with E-state index in [1.165, 1.54) is 45.7 Å². The van der Waals surface area contributed by atoms with Crippen molar-refractivity contribution >= 4 is 11.6 Å². The van der Waals surface area contributed by atoms with Gasteiger partial charge in [-0.15, -0.1) is 0 Å². The summed E-state index contributed by atoms with van der Waals surface area (Å²) in [5.74, 6) is -1.17. The van der Waals surface area contributed by atoms with E-state index in [0.29, 0.717) is 28.2 Å². The molecule has 3 aromatic heterocycles. The van der Waals surface area contributed by atoms with Gasteiger partial charge in [0.1, 0.15) is 17.2 Å². The zero-order valence-electron chi connectivity index (χ0n) is 15.4. The minimum absolute atomic E-state index is 0.0450. The molecule has 30 heavy (non-hydrogen) atoms. The molecule has 4 rings (SSSR count). The normalized spacial score (nSPS) is 11.9. The standard InChI is InChI=1S/C20H15F4N5O/c21-13-3-1-12(2-4-13)14-7-9-28(10-8-20(22,23)24)18(14)15-5-6-17-26-11-16(19(25)30)29(17)27-15/h1-7,9,11H,8,10H2,(H2,25,30). The number of nitrogens with two attached hydrogens (primary N) is 1. The van der Waals surface area contributed by atoms with Crippen LogP contribution < -0.4 is 5.73 Å². The highest BCUT2D eigenvalue weighted by Gasteiger charge is 2.28. The van der Waals surface area contributed by atoms with Gasteiger partial charge in [0.05, 0.1) is 18.3 Å². The fourth-order valence-electron chi connectivity index (χ4n) is 3.22. The first-order valence-corrected chi connectivity index (χ1v) is 8.90. The Kier molecular flexibility index (Phi) is 4.76. The van der Waals surface area contributed by atoms with Crippen molar-refractivity contribution in [3.8, 4) is 22.5 Å². The number of halogens is 4. The summed E-state index contributed by atoms with van der Waals surface area (Å²) >= 11 is 0. The zero-order chi connectivity index (χ0) is 21.5. The van der Waals surface area contributed by atoms with Crippen molar-refractivity contribution in [1.82, 2.24) is 19.2 Å². The molecule has 0 aliphatic rings. The lowest BCUT2D eigenvalue weighted by molar-refractivity contribution is -0.136. The van der Waals surface area contributed by atoms with Gasteiger partial charge >= 0.3 is 6.18 Å². The minimum Gasteiger partial charge on any atom is -0.364 e. The number of nitrogens with zero attached hydrogens (tertiary/aromatic N) is 4. The van der Waals surface area contributed by atoms with E-state index in [9.17, 15) is 22.4 Å². The summed E-state index contributed by atoms with van der Waals surface area (Å²) in [6.45, 7) is -0.327. The maximum Gasteiger partial charge on any atom is 0.390 e. The molecule has 154 valence electrons. The molecule has 1 amide bonds. The molecule has 0 unspecified atom stereocenters. The van der Waals surface area contributed by atoms with E-state index < -0.39 is 24.3 Å². The van der Waals surface area contributed by atoms with Crippen molar-refractivity contribution < 1.29 is 22.4 Å². The van der Waals surface area contributed by atoms with Gasteiger partial charge in [0.15, 0.2) is 5.65 Å². The molecule has 0 fully saturated rings. The summed E-state index contributed by atoms with van der Waals surface area (Å²) in [4.78, 5) is 15.7. The Hall–Kier alpha value is -3.69. The zero-order valence-corrected chi connectivity index (χ0v) is 15.4. The topological polar surface area (TPSA) is 78.2 Å². The van der Waals surface area contributed by atoms with Gasteiger partial charge < -0.3 is 10.3 Å². The number of rotatable bonds is 5. The molecule has 3 heterocycles. The number of carbonyl (C=O) groups excluding carboxylic acids is 1. The molecule has 10 heteroatoms. The van der Waals surface area contributed by atoms with Crippen LogP contribution in [0.25, 0.3) is 28.2 Å². The number of benzene rings is 1. The van der Waals surface area contributed by atoms with Crippen LogP contribution in [-0.4, -0.2) is 31.2 Å². The Morgan fingerprint density at radius 3 is 2.47 bits per heavy atom. The monoisotopic (exact) mass is 417 g/mol. The second-order valence-corrected chi connectivity index (χ2v) is 6.64. The van der Waals surface area contributed by atoms with E-state index in [4.69, 9.17) is 5.73 Å². The first-order valence-electron chi connectivity index (χ1n) is 8.90. The van der Waals surface area contributed by atoms with Gasteiger partial charge in [-0.25, -0.2) is 13.9 Å². The van der Waals surface area contributed by atoms with Gasteiger partial charge in [-0.2, -0.15) is 18.3 Å². The maximum absolute atomic E-state index is 13.3. The molecule has 0 saturated carbocycles. The number of amides is 1. The van der Waals surface area contributed by atoms with E-state index in [1.54, 1.807) is 18.2 Å². The van der Waals surface area contributed by atoms with Crippen molar-refractivity contribution in [2.45, 2.75) is 19.1 Å². The molecule has 1 aromatic carbocycles. The SMILES string of the molecule is NC(=O)c1cnc2ccc(-c3c(-c4ccc(F)cc4)ccn3CCC(F)(F)F)nn12. The van der Waals surface area contributed by atoms with Crippen LogP contribution in [0, 0.1) is 5.82 Å². The highest BCUT2D eigenvalue weighted by Crippen LogP contribution is 2.34. The average molecular weight is 417 g/mol. The fourth-order valence-corrected chi connectivity index (χ4v) is 3.22. The van der Waals surface area contributed by atoms with Crippen LogP contribution in [0.15, 0.2) is 54.9 Å². The number of aromatic nitrogens is 4. The van der Waals surface area contributed by atoms with E-state index in [0.717, 1.165) is 0 Å². The van der Waals surface area contributed by atoms with E-state index in [2.05, 4.69) is 10.1 Å². The number of aryl methyl sites for hydroxylation is 1. The highest BCUT2D eigenvalue weighted by atomic mass is 19.4. The van der Waals surface area contributed by atoms with E-state index in [1.807, 2.05) is 0 Å². The lowest BCUT2D eigenvalue weighted by Crippen LogP contribution is -2.15. The van der Waals surface area contributed by atoms with Gasteiger partial charge in [0.25, 0.3) is 5.91 Å². The summed E-state index contributed by atoms with van der Waals surface area (Å²) in [6.07, 6.45) is -2.57. The van der Waals surface area contributed by atoms with E-state index in [-0.39, 0.29) is 12.2 Å². The number of carbonyl (C=O) groups is 1. The molecule has 6 nitrogen and oxygen atoms in total. The van der Waals surface area contributed by atoms with Crippen LogP contribution in [0.5, 0.6) is 0 Å². The Morgan fingerprint density at radius 2 is 1.80 bits per heavy atom. The summed E-state index contributed by atoms with van der Waals surface area (Å²) in [7, 11) is 0. The average Bonchev–Trinajstić information content (AvgIpc) is 3.30. The Bertz CT molecular complexity index is 1220. The Labute approximate surface area is 167 Å². The lowest BCUT2D eigenvalue weighted by Gasteiger charge is -2.13. The maximum atomic E-state index is 13.3. The fraction of sp³-hybridized carbons (Fsp3) is 0.150. The highest BCUT2D eigenvalue weighted by molar-refractivity contribution is 5.91. The van der Waals surface area contributed by atoms with Gasteiger partial charge in [-0.1, -0.05) is 12.1 Å². The molecular formula is C20H15F4N5O. The van der Waals surface area contributed by atoms with Gasteiger partial charge in [-0.3, -0.25) is 4.79 Å². The molecule has 4 aromatic rings. The van der Waals surface area contributed by atoms with Crippen LogP contribution in [0.2, 0.25) is 0 Å². The molecule has 0 radical (unpaired) electrons. The number of hydrogen-bond donors (Lipinski definition) is 1. The van der Waals surface area contributed by atoms with Crippen molar-refractivity contribution in [3.63, 3.8) is 0 Å². The van der Waals surface area contributed by atoms with Crippen LogP contribution in [0.4, 0.5) is 17.6 Å². The molecular weight excluding hydrogens is 402 g/mol. The van der Waals surface area contributed by atoms with Crippen LogP contribution in [-0.2, 0) is 6.54 Å². The molecule has 0 aliphatic heterocycles. The van der Waals surface area contributed by atoms with Crippen LogP contribution in [0.1, 0.15) is 16.9 Å². The third-order valence-electron chi connectivity index (χ3n) is 4.61. The third kappa shape index (κ3) is 3.76. The summed E-state index contributed by atoms with van der Waals surface area (Å²) in [6, 6.07) is 10.4. The molecule has 0 spiro atoms. The number of imidazole rings is 1. The largest absolute Gasteiger partial charge is 0.390 e. The molecule has 0 bridgehead atoms. The molecule has 0 aliphatic carbocycles. The second-order valence-electron chi connectivity index (χ2n) is 6.64. The molecule has 0 atom stereocenters. The Morgan fingerprint density at radius 1 is 1.07 bits per heavy atom. The van der Waals surface area contributed by atoms with Crippen molar-refractivity contribution in [1.29, 1.82) is 0 Å². The second kappa shape index (κ2) is 7.29. The number of fused-ring (bicyclic) bond motifs is 1. The number of primary amides is 1. The van der Waals surface area contributed by atoms with Gasteiger partial charge in [-0.05, 0) is 35.9 Å². The third-order valence-corrected chi connectivity index (χ3v) is 4.61. The van der Waals surface area contributed by atoms with Gasteiger partial charge in [0, 0.05) is 18.3 Å². The predicted octanol–water partition coefficient (Wildman–Crippen LogP) is 4.06. The summed E-state index contributed by atoms with van der Waals surface area (Å²) in [5, 5.41) is 4.38. The van der Waals surface area contributed by atoms with Crippen molar-refractivity contribution in [2.24, 2.45) is 5.73 Å². The first kappa shape index (κ1) is 19.6. The first-order chi connectivity index (χ1) is 14.2. The summed E-state index contributed by atoms with van der Waals surface area (Å²) < 4.78 is 54.5. The Balaban J connectivity index is 1.88. The predicted molar refractivity (Wildman–Crippen MR) is 101 cm³/mol. The van der Waals surface area contributed by atoms with Crippen molar-refractivity contribution in [3.05, 3.63) is 66.4 Å². The van der Waals surface area contributed by atoms with Crippen LogP contribution in [0.3, 0.4) is 0 Å². The quantitative estimate of drug-likeness (QED) is 0.498. The molecule has 0 saturated heterocycles. The van der Waals surface area contributed by atoms with Crippen molar-refractivity contribution in [2.75, 3.05) is 0 Å².